The average Bonchev–Trinajstić information content (AvgIpc) is 2.27. The number of hydrogen-bond acceptors (Lipinski definition) is 2. The van der Waals surface area contributed by atoms with E-state index in [1.165, 1.54) is 0 Å². The lowest BCUT2D eigenvalue weighted by Crippen LogP contribution is -2.39. The molecule has 1 aromatic carbocycles. The van der Waals surface area contributed by atoms with Crippen molar-refractivity contribution in [3.8, 4) is 0 Å². The Morgan fingerprint density at radius 3 is 2.25 bits per heavy atom. The molecule has 1 aromatic rings. The summed E-state index contributed by atoms with van der Waals surface area (Å²) in [5.41, 5.74) is 0.804. The monoisotopic (exact) mass is 241 g/mol. The molecule has 0 saturated heterocycles. The maximum Gasteiger partial charge on any atom is 0.221 e. The molecule has 0 amide bonds. The molecule has 3 nitrogen and oxygen atoms in total. The molecule has 1 rings (SSSR count). The Balaban J connectivity index is 3.02. The van der Waals surface area contributed by atoms with E-state index in [-0.39, 0.29) is 0 Å². The van der Waals surface area contributed by atoms with Gasteiger partial charge in [0.25, 0.3) is 0 Å². The number of rotatable bonds is 5. The van der Waals surface area contributed by atoms with Crippen molar-refractivity contribution in [3.63, 3.8) is 0 Å². The summed E-state index contributed by atoms with van der Waals surface area (Å²) in [6.45, 7) is 5.87. The van der Waals surface area contributed by atoms with Crippen molar-refractivity contribution in [2.45, 2.75) is 31.9 Å². The maximum atomic E-state index is 12.1. The second-order valence-electron chi connectivity index (χ2n) is 4.27. The van der Waals surface area contributed by atoms with Crippen LogP contribution in [0.3, 0.4) is 0 Å². The molecular weight excluding hydrogens is 222 g/mol. The third kappa shape index (κ3) is 2.62. The molecule has 16 heavy (non-hydrogen) atoms. The lowest BCUT2D eigenvalue weighted by molar-refractivity contribution is 0.539. The van der Waals surface area contributed by atoms with Gasteiger partial charge < -0.3 is 0 Å². The van der Waals surface area contributed by atoms with E-state index in [4.69, 9.17) is 0 Å². The first-order valence-electron chi connectivity index (χ1n) is 5.46. The lowest BCUT2D eigenvalue weighted by atomic mass is 10.0. The molecule has 0 spiro atoms. The van der Waals surface area contributed by atoms with E-state index in [9.17, 15) is 8.42 Å². The minimum atomic E-state index is -3.33. The van der Waals surface area contributed by atoms with Crippen LogP contribution in [0.1, 0.15) is 32.8 Å². The van der Waals surface area contributed by atoms with Crippen LogP contribution < -0.4 is 4.72 Å². The fourth-order valence-corrected chi connectivity index (χ4v) is 2.69. The van der Waals surface area contributed by atoms with Gasteiger partial charge in [-0.25, -0.2) is 13.1 Å². The van der Waals surface area contributed by atoms with Crippen molar-refractivity contribution in [1.82, 2.24) is 4.72 Å². The van der Waals surface area contributed by atoms with Gasteiger partial charge in [0.2, 0.25) is 10.0 Å². The molecule has 1 N–H and O–H groups in total. The fraction of sp³-hybridized carbons (Fsp3) is 0.500. The van der Waals surface area contributed by atoms with Crippen LogP contribution in [0.25, 0.3) is 0 Å². The van der Waals surface area contributed by atoms with Crippen molar-refractivity contribution in [2.75, 3.05) is 6.54 Å². The minimum absolute atomic E-state index is 0.485. The highest BCUT2D eigenvalue weighted by Crippen LogP contribution is 2.28. The van der Waals surface area contributed by atoms with Crippen molar-refractivity contribution in [3.05, 3.63) is 35.9 Å². The zero-order valence-corrected chi connectivity index (χ0v) is 10.8. The second-order valence-corrected chi connectivity index (χ2v) is 6.59. The van der Waals surface area contributed by atoms with E-state index in [1.807, 2.05) is 37.3 Å². The third-order valence-corrected chi connectivity index (χ3v) is 4.85. The first kappa shape index (κ1) is 13.2. The van der Waals surface area contributed by atoms with E-state index in [1.54, 1.807) is 13.8 Å². The molecule has 0 saturated carbocycles. The predicted octanol–water partition coefficient (Wildman–Crippen LogP) is 2.25. The lowest BCUT2D eigenvalue weighted by Gasteiger charge is -2.25. The Kier molecular flexibility index (Phi) is 4.10. The maximum absolute atomic E-state index is 12.1. The number of sulfonamides is 1. The van der Waals surface area contributed by atoms with Gasteiger partial charge in [-0.3, -0.25) is 0 Å². The van der Waals surface area contributed by atoms with E-state index in [2.05, 4.69) is 4.72 Å². The van der Waals surface area contributed by atoms with Gasteiger partial charge in [-0.2, -0.15) is 0 Å². The molecule has 0 aliphatic heterocycles. The van der Waals surface area contributed by atoms with Crippen LogP contribution in [-0.4, -0.2) is 15.0 Å². The minimum Gasteiger partial charge on any atom is -0.214 e. The van der Waals surface area contributed by atoms with Crippen LogP contribution in [0.4, 0.5) is 0 Å². The van der Waals surface area contributed by atoms with Crippen LogP contribution in [0.15, 0.2) is 30.3 Å². The molecule has 0 radical (unpaired) electrons. The van der Waals surface area contributed by atoms with Gasteiger partial charge >= 0.3 is 0 Å². The van der Waals surface area contributed by atoms with Gasteiger partial charge in [0.1, 0.15) is 4.75 Å². The van der Waals surface area contributed by atoms with Crippen LogP contribution in [-0.2, 0) is 14.8 Å². The molecule has 4 heteroatoms. The predicted molar refractivity (Wildman–Crippen MR) is 66.7 cm³/mol. The summed E-state index contributed by atoms with van der Waals surface area (Å²) in [4.78, 5) is 0. The normalized spacial score (nSPS) is 12.7. The summed E-state index contributed by atoms with van der Waals surface area (Å²) >= 11 is 0. The molecule has 0 unspecified atom stereocenters. The smallest absolute Gasteiger partial charge is 0.214 e. The van der Waals surface area contributed by atoms with Gasteiger partial charge in [-0.15, -0.1) is 0 Å². The van der Waals surface area contributed by atoms with Crippen molar-refractivity contribution >= 4 is 10.0 Å². The molecule has 90 valence electrons. The van der Waals surface area contributed by atoms with Gasteiger partial charge in [0.05, 0.1) is 0 Å². The fourth-order valence-electron chi connectivity index (χ4n) is 1.41. The molecule has 0 heterocycles. The van der Waals surface area contributed by atoms with Crippen molar-refractivity contribution in [2.24, 2.45) is 0 Å². The number of benzene rings is 1. The van der Waals surface area contributed by atoms with Crippen LogP contribution >= 0.6 is 0 Å². The summed E-state index contributed by atoms with van der Waals surface area (Å²) in [5.74, 6) is 0. The average molecular weight is 241 g/mol. The topological polar surface area (TPSA) is 46.2 Å². The highest BCUT2D eigenvalue weighted by atomic mass is 32.2. The SMILES string of the molecule is CCCNS(=O)(=O)C(C)(C)c1ccccc1. The second kappa shape index (κ2) is 4.97. The van der Waals surface area contributed by atoms with E-state index < -0.39 is 14.8 Å². The standard InChI is InChI=1S/C12H19NO2S/c1-4-10-13-16(14,15)12(2,3)11-8-6-5-7-9-11/h5-9,13H,4,10H2,1-3H3. The van der Waals surface area contributed by atoms with E-state index >= 15 is 0 Å². The van der Waals surface area contributed by atoms with E-state index in [0.29, 0.717) is 6.54 Å². The zero-order chi connectivity index (χ0) is 12.2. The Labute approximate surface area is 97.9 Å². The van der Waals surface area contributed by atoms with E-state index in [0.717, 1.165) is 12.0 Å². The summed E-state index contributed by atoms with van der Waals surface area (Å²) in [5, 5.41) is 0. The Bertz CT molecular complexity index is 424. The summed E-state index contributed by atoms with van der Waals surface area (Å²) in [6.07, 6.45) is 0.796. The van der Waals surface area contributed by atoms with Crippen LogP contribution in [0.2, 0.25) is 0 Å². The van der Waals surface area contributed by atoms with Crippen molar-refractivity contribution in [1.29, 1.82) is 0 Å². The molecule has 0 fully saturated rings. The van der Waals surface area contributed by atoms with Gasteiger partial charge in [-0.1, -0.05) is 37.3 Å². The molecule has 0 bridgehead atoms. The highest BCUT2D eigenvalue weighted by Gasteiger charge is 2.35. The van der Waals surface area contributed by atoms with Gasteiger partial charge in [0, 0.05) is 6.54 Å². The first-order chi connectivity index (χ1) is 7.42. The van der Waals surface area contributed by atoms with Crippen molar-refractivity contribution < 1.29 is 8.42 Å². The van der Waals surface area contributed by atoms with Gasteiger partial charge in [-0.05, 0) is 25.8 Å². The number of nitrogens with one attached hydrogen (secondary N) is 1. The molecule has 0 aromatic heterocycles. The quantitative estimate of drug-likeness (QED) is 0.859. The van der Waals surface area contributed by atoms with Gasteiger partial charge in [0.15, 0.2) is 0 Å². The van der Waals surface area contributed by atoms with Crippen LogP contribution in [0, 0.1) is 0 Å². The Morgan fingerprint density at radius 2 is 1.75 bits per heavy atom. The largest absolute Gasteiger partial charge is 0.221 e. The molecular formula is C12H19NO2S. The molecule has 0 aliphatic carbocycles. The summed E-state index contributed by atoms with van der Waals surface area (Å²) < 4.78 is 25.9. The highest BCUT2D eigenvalue weighted by molar-refractivity contribution is 7.90. The number of hydrogen-bond donors (Lipinski definition) is 1. The first-order valence-corrected chi connectivity index (χ1v) is 6.95. The Hall–Kier alpha value is -0.870. The van der Waals surface area contributed by atoms with Crippen LogP contribution in [0.5, 0.6) is 0 Å². The summed E-state index contributed by atoms with van der Waals surface area (Å²) in [7, 11) is -3.33. The zero-order valence-electron chi connectivity index (χ0n) is 10.0. The molecule has 0 atom stereocenters. The summed E-state index contributed by atoms with van der Waals surface area (Å²) in [6, 6.07) is 9.26. The molecule has 0 aliphatic rings. The third-order valence-electron chi connectivity index (χ3n) is 2.68. The Morgan fingerprint density at radius 1 is 1.19 bits per heavy atom.